The van der Waals surface area contributed by atoms with E-state index in [-0.39, 0.29) is 29.2 Å². The lowest BCUT2D eigenvalue weighted by molar-refractivity contribution is -0.116. The van der Waals surface area contributed by atoms with Crippen molar-refractivity contribution in [3.8, 4) is 11.5 Å². The summed E-state index contributed by atoms with van der Waals surface area (Å²) in [5, 5.41) is 2.77. The van der Waals surface area contributed by atoms with Gasteiger partial charge in [-0.1, -0.05) is 32.9 Å². The second-order valence-electron chi connectivity index (χ2n) is 7.54. The third-order valence-electron chi connectivity index (χ3n) is 4.34. The van der Waals surface area contributed by atoms with E-state index in [1.807, 2.05) is 24.3 Å². The Morgan fingerprint density at radius 1 is 0.966 bits per heavy atom. The predicted molar refractivity (Wildman–Crippen MR) is 113 cm³/mol. The van der Waals surface area contributed by atoms with Crippen molar-refractivity contribution < 1.29 is 22.7 Å². The van der Waals surface area contributed by atoms with Crippen LogP contribution in [0.5, 0.6) is 11.5 Å². The molecule has 2 aromatic rings. The van der Waals surface area contributed by atoms with E-state index >= 15 is 0 Å². The Balaban J connectivity index is 1.92. The van der Waals surface area contributed by atoms with Crippen LogP contribution in [0.4, 0.5) is 5.69 Å². The number of rotatable bonds is 8. The molecule has 0 aliphatic rings. The molecule has 158 valence electrons. The maximum atomic E-state index is 12.4. The lowest BCUT2D eigenvalue weighted by Crippen LogP contribution is -2.28. The van der Waals surface area contributed by atoms with Crippen LogP contribution in [0.3, 0.4) is 0 Å². The lowest BCUT2D eigenvalue weighted by atomic mass is 9.87. The van der Waals surface area contributed by atoms with E-state index < -0.39 is 10.0 Å². The fourth-order valence-corrected chi connectivity index (χ4v) is 3.69. The van der Waals surface area contributed by atoms with Crippen LogP contribution in [0.25, 0.3) is 0 Å². The summed E-state index contributed by atoms with van der Waals surface area (Å²) < 4.78 is 37.5. The van der Waals surface area contributed by atoms with Crippen LogP contribution in [-0.2, 0) is 20.2 Å². The highest BCUT2D eigenvalue weighted by molar-refractivity contribution is 7.89. The minimum absolute atomic E-state index is 0.00748. The molecule has 0 bridgehead atoms. The van der Waals surface area contributed by atoms with Gasteiger partial charge in [0, 0.05) is 24.7 Å². The third kappa shape index (κ3) is 6.20. The van der Waals surface area contributed by atoms with E-state index in [2.05, 4.69) is 30.8 Å². The number of ether oxygens (including phenoxy) is 2. The number of hydrogen-bond donors (Lipinski definition) is 2. The number of benzene rings is 2. The minimum atomic E-state index is -3.77. The van der Waals surface area contributed by atoms with Gasteiger partial charge in [-0.3, -0.25) is 4.79 Å². The monoisotopic (exact) mass is 420 g/mol. The van der Waals surface area contributed by atoms with Gasteiger partial charge in [0.05, 0.1) is 19.1 Å². The summed E-state index contributed by atoms with van der Waals surface area (Å²) >= 11 is 0. The number of nitrogens with one attached hydrogen (secondary N) is 2. The summed E-state index contributed by atoms with van der Waals surface area (Å²) in [4.78, 5) is 12.2. The van der Waals surface area contributed by atoms with Crippen molar-refractivity contribution in [3.05, 3.63) is 48.0 Å². The normalized spacial score (nSPS) is 11.8. The van der Waals surface area contributed by atoms with E-state index in [1.54, 1.807) is 0 Å². The molecular formula is C21H28N2O5S. The van der Waals surface area contributed by atoms with Crippen molar-refractivity contribution in [2.24, 2.45) is 0 Å². The van der Waals surface area contributed by atoms with Crippen LogP contribution < -0.4 is 19.5 Å². The van der Waals surface area contributed by atoms with E-state index in [0.29, 0.717) is 17.2 Å². The predicted octanol–water partition coefficient (Wildman–Crippen LogP) is 3.31. The highest BCUT2D eigenvalue weighted by atomic mass is 32.2. The van der Waals surface area contributed by atoms with Crippen molar-refractivity contribution >= 4 is 21.6 Å². The van der Waals surface area contributed by atoms with Crippen LogP contribution in [0.15, 0.2) is 47.4 Å². The molecule has 0 unspecified atom stereocenters. The van der Waals surface area contributed by atoms with Gasteiger partial charge < -0.3 is 14.8 Å². The van der Waals surface area contributed by atoms with Crippen molar-refractivity contribution in [1.29, 1.82) is 0 Å². The van der Waals surface area contributed by atoms with Gasteiger partial charge in [-0.2, -0.15) is 0 Å². The van der Waals surface area contributed by atoms with Crippen molar-refractivity contribution in [3.63, 3.8) is 0 Å². The molecule has 0 spiro atoms. The van der Waals surface area contributed by atoms with Gasteiger partial charge in [0.2, 0.25) is 15.9 Å². The largest absolute Gasteiger partial charge is 0.493 e. The number of hydrogen-bond acceptors (Lipinski definition) is 5. The van der Waals surface area contributed by atoms with Crippen molar-refractivity contribution in [2.75, 3.05) is 26.1 Å². The molecule has 0 saturated heterocycles. The number of methoxy groups -OCH3 is 2. The van der Waals surface area contributed by atoms with Crippen molar-refractivity contribution in [2.45, 2.75) is 37.5 Å². The maximum Gasteiger partial charge on any atom is 0.240 e. The van der Waals surface area contributed by atoms with Gasteiger partial charge in [-0.05, 0) is 35.2 Å². The SMILES string of the molecule is COc1ccc(S(=O)(=O)NCCC(=O)Nc2ccc(C(C)(C)C)cc2)cc1OC. The molecule has 2 N–H and O–H groups in total. The average Bonchev–Trinajstić information content (AvgIpc) is 2.66. The summed E-state index contributed by atoms with van der Waals surface area (Å²) in [7, 11) is -0.872. The zero-order valence-electron chi connectivity index (χ0n) is 17.4. The molecule has 8 heteroatoms. The Labute approximate surface area is 172 Å². The molecule has 0 aliphatic heterocycles. The molecule has 7 nitrogen and oxygen atoms in total. The Morgan fingerprint density at radius 3 is 2.14 bits per heavy atom. The zero-order valence-corrected chi connectivity index (χ0v) is 18.2. The molecule has 0 atom stereocenters. The molecule has 0 fully saturated rings. The van der Waals surface area contributed by atoms with Gasteiger partial charge in [-0.25, -0.2) is 13.1 Å². The van der Waals surface area contributed by atoms with Crippen molar-refractivity contribution in [1.82, 2.24) is 4.72 Å². The summed E-state index contributed by atoms with van der Waals surface area (Å²) in [6.07, 6.45) is 0.00748. The fraction of sp³-hybridized carbons (Fsp3) is 0.381. The Morgan fingerprint density at radius 2 is 1.59 bits per heavy atom. The molecule has 0 radical (unpaired) electrons. The number of amides is 1. The molecule has 1 amide bonds. The first-order chi connectivity index (χ1) is 13.6. The fourth-order valence-electron chi connectivity index (χ4n) is 2.64. The van der Waals surface area contributed by atoms with Crippen LogP contribution in [0, 0.1) is 0 Å². The number of anilines is 1. The van der Waals surface area contributed by atoms with Crippen LogP contribution in [-0.4, -0.2) is 35.1 Å². The highest BCUT2D eigenvalue weighted by Gasteiger charge is 2.17. The quantitative estimate of drug-likeness (QED) is 0.683. The van der Waals surface area contributed by atoms with Gasteiger partial charge in [0.25, 0.3) is 0 Å². The van der Waals surface area contributed by atoms with E-state index in [1.165, 1.54) is 32.4 Å². The molecule has 2 rings (SSSR count). The van der Waals surface area contributed by atoms with E-state index in [4.69, 9.17) is 9.47 Å². The average molecular weight is 421 g/mol. The smallest absolute Gasteiger partial charge is 0.240 e. The lowest BCUT2D eigenvalue weighted by Gasteiger charge is -2.19. The number of carbonyl (C=O) groups is 1. The number of carbonyl (C=O) groups excluding carboxylic acids is 1. The van der Waals surface area contributed by atoms with Gasteiger partial charge in [0.1, 0.15) is 0 Å². The molecule has 0 heterocycles. The summed E-state index contributed by atoms with van der Waals surface area (Å²) in [6.45, 7) is 6.32. The Bertz CT molecular complexity index is 948. The molecule has 0 saturated carbocycles. The zero-order chi connectivity index (χ0) is 21.7. The highest BCUT2D eigenvalue weighted by Crippen LogP contribution is 2.29. The van der Waals surface area contributed by atoms with Gasteiger partial charge in [0.15, 0.2) is 11.5 Å². The Hall–Kier alpha value is -2.58. The second kappa shape index (κ2) is 9.28. The van der Waals surface area contributed by atoms with E-state index in [0.717, 1.165) is 5.56 Å². The topological polar surface area (TPSA) is 93.7 Å². The van der Waals surface area contributed by atoms with Gasteiger partial charge in [-0.15, -0.1) is 0 Å². The Kier molecular flexibility index (Phi) is 7.26. The third-order valence-corrected chi connectivity index (χ3v) is 5.80. The second-order valence-corrected chi connectivity index (χ2v) is 9.31. The molecule has 0 aliphatic carbocycles. The van der Waals surface area contributed by atoms with E-state index in [9.17, 15) is 13.2 Å². The molecule has 0 aromatic heterocycles. The molecule has 29 heavy (non-hydrogen) atoms. The first kappa shape index (κ1) is 22.7. The van der Waals surface area contributed by atoms with Gasteiger partial charge >= 0.3 is 0 Å². The summed E-state index contributed by atoms with van der Waals surface area (Å²) in [6, 6.07) is 11.9. The summed E-state index contributed by atoms with van der Waals surface area (Å²) in [5.74, 6) is 0.471. The molecule has 2 aromatic carbocycles. The first-order valence-corrected chi connectivity index (χ1v) is 10.7. The maximum absolute atomic E-state index is 12.4. The number of sulfonamides is 1. The van der Waals surface area contributed by atoms with Crippen LogP contribution in [0.2, 0.25) is 0 Å². The minimum Gasteiger partial charge on any atom is -0.493 e. The van der Waals surface area contributed by atoms with Crippen LogP contribution >= 0.6 is 0 Å². The van der Waals surface area contributed by atoms with Crippen LogP contribution in [0.1, 0.15) is 32.8 Å². The first-order valence-electron chi connectivity index (χ1n) is 9.19. The standard InChI is InChI=1S/C21H28N2O5S/c1-21(2,3)15-6-8-16(9-7-15)23-20(24)12-13-22-29(25,26)17-10-11-18(27-4)19(14-17)28-5/h6-11,14,22H,12-13H2,1-5H3,(H,23,24). The molecular weight excluding hydrogens is 392 g/mol. The summed E-state index contributed by atoms with van der Waals surface area (Å²) in [5.41, 5.74) is 1.87.